The molecule has 30 heavy (non-hydrogen) atoms. The SMILES string of the molecule is O=C(CC1(O)CCN(c2ccc(C(F)(F)F)cc2)CC1)Nc1ccc2[nH]ncc2c1. The second-order valence-corrected chi connectivity index (χ2v) is 7.65. The number of amides is 1. The minimum atomic E-state index is -4.36. The molecule has 2 aromatic carbocycles. The lowest BCUT2D eigenvalue weighted by molar-refractivity contribution is -0.137. The largest absolute Gasteiger partial charge is 0.416 e. The van der Waals surface area contributed by atoms with Crippen molar-refractivity contribution in [1.29, 1.82) is 0 Å². The summed E-state index contributed by atoms with van der Waals surface area (Å²) in [6, 6.07) is 10.4. The van der Waals surface area contributed by atoms with E-state index < -0.39 is 17.3 Å². The first-order valence-electron chi connectivity index (χ1n) is 9.59. The van der Waals surface area contributed by atoms with Gasteiger partial charge in [-0.1, -0.05) is 0 Å². The van der Waals surface area contributed by atoms with Crippen molar-refractivity contribution < 1.29 is 23.1 Å². The summed E-state index contributed by atoms with van der Waals surface area (Å²) in [7, 11) is 0. The molecule has 1 fully saturated rings. The fourth-order valence-electron chi connectivity index (χ4n) is 3.74. The maximum atomic E-state index is 12.7. The van der Waals surface area contributed by atoms with E-state index in [1.165, 1.54) is 12.1 Å². The van der Waals surface area contributed by atoms with Crippen LogP contribution in [0, 0.1) is 0 Å². The molecule has 4 rings (SSSR count). The minimum absolute atomic E-state index is 0.0444. The van der Waals surface area contributed by atoms with E-state index in [4.69, 9.17) is 0 Å². The number of halogens is 3. The van der Waals surface area contributed by atoms with Crippen LogP contribution in [0.3, 0.4) is 0 Å². The number of rotatable bonds is 4. The lowest BCUT2D eigenvalue weighted by atomic mass is 9.87. The Hall–Kier alpha value is -3.07. The van der Waals surface area contributed by atoms with Crippen molar-refractivity contribution in [2.75, 3.05) is 23.3 Å². The second-order valence-electron chi connectivity index (χ2n) is 7.65. The summed E-state index contributed by atoms with van der Waals surface area (Å²) in [6.07, 6.45) is -2.05. The predicted molar refractivity (Wildman–Crippen MR) is 107 cm³/mol. The molecule has 158 valence electrons. The van der Waals surface area contributed by atoms with Crippen LogP contribution >= 0.6 is 0 Å². The maximum absolute atomic E-state index is 12.7. The van der Waals surface area contributed by atoms with Crippen LogP contribution in [0.15, 0.2) is 48.7 Å². The number of nitrogens with zero attached hydrogens (tertiary/aromatic N) is 2. The number of carbonyl (C=O) groups excluding carboxylic acids is 1. The fraction of sp³-hybridized carbons (Fsp3) is 0.333. The highest BCUT2D eigenvalue weighted by atomic mass is 19.4. The van der Waals surface area contributed by atoms with Gasteiger partial charge in [0.1, 0.15) is 0 Å². The lowest BCUT2D eigenvalue weighted by Gasteiger charge is -2.39. The lowest BCUT2D eigenvalue weighted by Crippen LogP contribution is -2.46. The van der Waals surface area contributed by atoms with E-state index in [1.807, 2.05) is 11.0 Å². The van der Waals surface area contributed by atoms with Crippen LogP contribution in [0.1, 0.15) is 24.8 Å². The molecule has 6 nitrogen and oxygen atoms in total. The molecular weight excluding hydrogens is 397 g/mol. The molecule has 1 aliphatic rings. The van der Waals surface area contributed by atoms with Crippen LogP contribution in [-0.2, 0) is 11.0 Å². The molecule has 0 atom stereocenters. The highest BCUT2D eigenvalue weighted by molar-refractivity contribution is 5.94. The molecule has 0 unspecified atom stereocenters. The van der Waals surface area contributed by atoms with E-state index in [1.54, 1.807) is 18.3 Å². The van der Waals surface area contributed by atoms with Crippen LogP contribution in [0.5, 0.6) is 0 Å². The van der Waals surface area contributed by atoms with E-state index >= 15 is 0 Å². The van der Waals surface area contributed by atoms with Gasteiger partial charge >= 0.3 is 6.18 Å². The van der Waals surface area contributed by atoms with E-state index in [0.29, 0.717) is 37.3 Å². The van der Waals surface area contributed by atoms with Crippen molar-refractivity contribution in [3.05, 3.63) is 54.2 Å². The van der Waals surface area contributed by atoms with Crippen LogP contribution in [-0.4, -0.2) is 39.9 Å². The van der Waals surface area contributed by atoms with Gasteiger partial charge in [0, 0.05) is 29.9 Å². The molecular formula is C21H21F3N4O2. The van der Waals surface area contributed by atoms with E-state index in [-0.39, 0.29) is 12.3 Å². The predicted octanol–water partition coefficient (Wildman–Crippen LogP) is 3.94. The van der Waals surface area contributed by atoms with Crippen LogP contribution in [0.2, 0.25) is 0 Å². The number of piperidine rings is 1. The van der Waals surface area contributed by atoms with Gasteiger partial charge in [0.05, 0.1) is 29.3 Å². The van der Waals surface area contributed by atoms with Gasteiger partial charge in [-0.3, -0.25) is 9.89 Å². The van der Waals surface area contributed by atoms with Gasteiger partial charge in [-0.25, -0.2) is 0 Å². The summed E-state index contributed by atoms with van der Waals surface area (Å²) in [5.74, 6) is -0.289. The zero-order valence-corrected chi connectivity index (χ0v) is 16.0. The molecule has 2 heterocycles. The average Bonchev–Trinajstić information content (AvgIpc) is 3.15. The van der Waals surface area contributed by atoms with Gasteiger partial charge < -0.3 is 15.3 Å². The minimum Gasteiger partial charge on any atom is -0.389 e. The number of carbonyl (C=O) groups is 1. The van der Waals surface area contributed by atoms with Gasteiger partial charge in [0.15, 0.2) is 0 Å². The Morgan fingerprint density at radius 1 is 1.17 bits per heavy atom. The van der Waals surface area contributed by atoms with Crippen molar-refractivity contribution in [1.82, 2.24) is 10.2 Å². The molecule has 3 N–H and O–H groups in total. The van der Waals surface area contributed by atoms with Crippen LogP contribution in [0.25, 0.3) is 10.9 Å². The summed E-state index contributed by atoms with van der Waals surface area (Å²) in [4.78, 5) is 14.3. The first-order valence-corrected chi connectivity index (χ1v) is 9.59. The highest BCUT2D eigenvalue weighted by Gasteiger charge is 2.35. The number of aromatic amines is 1. The summed E-state index contributed by atoms with van der Waals surface area (Å²) in [6.45, 7) is 0.909. The molecule has 1 amide bonds. The summed E-state index contributed by atoms with van der Waals surface area (Å²) in [5, 5.41) is 21.3. The van der Waals surface area contributed by atoms with Crippen molar-refractivity contribution in [2.45, 2.75) is 31.0 Å². The monoisotopic (exact) mass is 418 g/mol. The number of anilines is 2. The van der Waals surface area contributed by atoms with Crippen LogP contribution in [0.4, 0.5) is 24.5 Å². The first kappa shape index (κ1) is 20.2. The third-order valence-corrected chi connectivity index (χ3v) is 5.47. The molecule has 0 aliphatic carbocycles. The maximum Gasteiger partial charge on any atom is 0.416 e. The highest BCUT2D eigenvalue weighted by Crippen LogP contribution is 2.33. The zero-order valence-electron chi connectivity index (χ0n) is 16.0. The van der Waals surface area contributed by atoms with E-state index in [0.717, 1.165) is 23.0 Å². The van der Waals surface area contributed by atoms with Crippen molar-refractivity contribution in [3.63, 3.8) is 0 Å². The van der Waals surface area contributed by atoms with Crippen molar-refractivity contribution in [3.8, 4) is 0 Å². The van der Waals surface area contributed by atoms with Crippen LogP contribution < -0.4 is 10.2 Å². The fourth-order valence-corrected chi connectivity index (χ4v) is 3.74. The Morgan fingerprint density at radius 2 is 1.87 bits per heavy atom. The molecule has 0 bridgehead atoms. The number of alkyl halides is 3. The third kappa shape index (κ3) is 4.40. The molecule has 1 aromatic heterocycles. The number of hydrogen-bond donors (Lipinski definition) is 3. The summed E-state index contributed by atoms with van der Waals surface area (Å²) in [5.41, 5.74) is 0.321. The standard InChI is InChI=1S/C21H21F3N4O2/c22-21(23,24)15-1-4-17(5-2-15)28-9-7-20(30,8-10-28)12-19(29)26-16-3-6-18-14(11-16)13-25-27-18/h1-6,11,13,30H,7-10,12H2,(H,25,27)(H,26,29). The quantitative estimate of drug-likeness (QED) is 0.600. The Bertz CT molecular complexity index is 1040. The Labute approximate surface area is 170 Å². The van der Waals surface area contributed by atoms with E-state index in [9.17, 15) is 23.1 Å². The summed E-state index contributed by atoms with van der Waals surface area (Å²) < 4.78 is 38.1. The number of nitrogens with one attached hydrogen (secondary N) is 2. The number of H-pyrrole nitrogens is 1. The Balaban J connectivity index is 1.33. The van der Waals surface area contributed by atoms with Gasteiger partial charge in [0.25, 0.3) is 0 Å². The van der Waals surface area contributed by atoms with Gasteiger partial charge in [-0.15, -0.1) is 0 Å². The number of benzene rings is 2. The van der Waals surface area contributed by atoms with Gasteiger partial charge in [0.2, 0.25) is 5.91 Å². The molecule has 0 spiro atoms. The molecule has 0 radical (unpaired) electrons. The van der Waals surface area contributed by atoms with Gasteiger partial charge in [-0.2, -0.15) is 18.3 Å². The number of fused-ring (bicyclic) bond motifs is 1. The third-order valence-electron chi connectivity index (χ3n) is 5.47. The van der Waals surface area contributed by atoms with Crippen molar-refractivity contribution in [2.24, 2.45) is 0 Å². The number of hydrogen-bond acceptors (Lipinski definition) is 4. The van der Waals surface area contributed by atoms with E-state index in [2.05, 4.69) is 15.5 Å². The Morgan fingerprint density at radius 3 is 2.53 bits per heavy atom. The smallest absolute Gasteiger partial charge is 0.389 e. The zero-order chi connectivity index (χ0) is 21.4. The Kier molecular flexibility index (Phi) is 5.15. The second kappa shape index (κ2) is 7.64. The molecule has 3 aromatic rings. The summed E-state index contributed by atoms with van der Waals surface area (Å²) >= 11 is 0. The first-order chi connectivity index (χ1) is 14.2. The van der Waals surface area contributed by atoms with Crippen molar-refractivity contribution >= 4 is 28.2 Å². The normalized spacial score (nSPS) is 16.6. The molecule has 0 saturated carbocycles. The topological polar surface area (TPSA) is 81.2 Å². The average molecular weight is 418 g/mol. The molecule has 1 aliphatic heterocycles. The number of aliphatic hydroxyl groups is 1. The molecule has 9 heteroatoms. The van der Waals surface area contributed by atoms with Gasteiger partial charge in [-0.05, 0) is 55.3 Å². The molecule has 1 saturated heterocycles. The number of aromatic nitrogens is 2.